The Morgan fingerprint density at radius 1 is 1.53 bits per heavy atom. The molecule has 0 bridgehead atoms. The lowest BCUT2D eigenvalue weighted by Crippen LogP contribution is -2.10. The Bertz CT molecular complexity index is 356. The molecule has 0 spiro atoms. The topological polar surface area (TPSA) is 28.5 Å². The van der Waals surface area contributed by atoms with Gasteiger partial charge >= 0.3 is 0 Å². The SMILES string of the molecule is C=CN(/N=C\C(C)C)c1cc(C)ccn1. The molecule has 80 valence electrons. The molecule has 0 aliphatic carbocycles. The Balaban J connectivity index is 2.87. The molecule has 15 heavy (non-hydrogen) atoms. The average Bonchev–Trinajstić information content (AvgIpc) is 2.18. The van der Waals surface area contributed by atoms with Crippen LogP contribution in [0.3, 0.4) is 0 Å². The number of anilines is 1. The predicted octanol–water partition coefficient (Wildman–Crippen LogP) is 2.98. The summed E-state index contributed by atoms with van der Waals surface area (Å²) in [5, 5.41) is 5.95. The molecule has 1 aromatic heterocycles. The van der Waals surface area contributed by atoms with Crippen molar-refractivity contribution in [2.45, 2.75) is 20.8 Å². The predicted molar refractivity (Wildman–Crippen MR) is 65.0 cm³/mol. The summed E-state index contributed by atoms with van der Waals surface area (Å²) in [6, 6.07) is 3.93. The van der Waals surface area contributed by atoms with Gasteiger partial charge in [0, 0.05) is 18.6 Å². The molecule has 3 heteroatoms. The lowest BCUT2D eigenvalue weighted by atomic mass is 10.3. The summed E-state index contributed by atoms with van der Waals surface area (Å²) < 4.78 is 0. The van der Waals surface area contributed by atoms with E-state index in [0.717, 1.165) is 11.4 Å². The minimum absolute atomic E-state index is 0.414. The van der Waals surface area contributed by atoms with Crippen molar-refractivity contribution >= 4 is 12.0 Å². The maximum Gasteiger partial charge on any atom is 0.153 e. The zero-order chi connectivity index (χ0) is 11.3. The van der Waals surface area contributed by atoms with Gasteiger partial charge in [-0.2, -0.15) is 5.10 Å². The molecule has 0 radical (unpaired) electrons. The van der Waals surface area contributed by atoms with E-state index in [2.05, 4.69) is 30.5 Å². The molecule has 3 nitrogen and oxygen atoms in total. The normalized spacial score (nSPS) is 10.9. The van der Waals surface area contributed by atoms with Gasteiger partial charge in [0.25, 0.3) is 0 Å². The van der Waals surface area contributed by atoms with E-state index in [1.54, 1.807) is 17.4 Å². The number of aromatic nitrogens is 1. The van der Waals surface area contributed by atoms with E-state index < -0.39 is 0 Å². The van der Waals surface area contributed by atoms with Crippen molar-refractivity contribution in [2.24, 2.45) is 11.0 Å². The Kier molecular flexibility index (Phi) is 4.03. The van der Waals surface area contributed by atoms with Gasteiger partial charge in [0.05, 0.1) is 0 Å². The van der Waals surface area contributed by atoms with Crippen molar-refractivity contribution in [2.75, 3.05) is 5.01 Å². The lowest BCUT2D eigenvalue weighted by molar-refractivity contribution is 0.890. The van der Waals surface area contributed by atoms with Crippen molar-refractivity contribution in [3.63, 3.8) is 0 Å². The number of hydrogen-bond acceptors (Lipinski definition) is 3. The van der Waals surface area contributed by atoms with Crippen molar-refractivity contribution in [1.82, 2.24) is 4.98 Å². The summed E-state index contributed by atoms with van der Waals surface area (Å²) in [5.74, 6) is 1.21. The molecule has 0 aromatic carbocycles. The van der Waals surface area contributed by atoms with Gasteiger partial charge in [0.15, 0.2) is 5.82 Å². The molecule has 0 aliphatic heterocycles. The number of hydrogen-bond donors (Lipinski definition) is 0. The van der Waals surface area contributed by atoms with Crippen LogP contribution in [0.1, 0.15) is 19.4 Å². The first-order valence-corrected chi connectivity index (χ1v) is 5.02. The van der Waals surface area contributed by atoms with Crippen LogP contribution in [-0.2, 0) is 0 Å². The van der Waals surface area contributed by atoms with Gasteiger partial charge in [-0.25, -0.2) is 9.99 Å². The van der Waals surface area contributed by atoms with Crippen LogP contribution in [0.5, 0.6) is 0 Å². The fraction of sp³-hybridized carbons (Fsp3) is 0.333. The zero-order valence-corrected chi connectivity index (χ0v) is 9.51. The number of hydrazone groups is 1. The number of nitrogens with zero attached hydrogens (tertiary/aromatic N) is 3. The Hall–Kier alpha value is -1.64. The Labute approximate surface area is 91.1 Å². The molecule has 0 atom stereocenters. The standard InChI is InChI=1S/C12H17N3/c1-5-15(14-9-10(2)3)12-8-11(4)6-7-13-12/h5-10H,1H2,2-4H3/b14-9-. The second kappa shape index (κ2) is 5.29. The smallest absolute Gasteiger partial charge is 0.153 e. The first kappa shape index (κ1) is 11.4. The van der Waals surface area contributed by atoms with E-state index in [1.807, 2.05) is 25.3 Å². The zero-order valence-electron chi connectivity index (χ0n) is 9.51. The molecular weight excluding hydrogens is 186 g/mol. The molecule has 1 rings (SSSR count). The average molecular weight is 203 g/mol. The van der Waals surface area contributed by atoms with Crippen LogP contribution in [0, 0.1) is 12.8 Å². The van der Waals surface area contributed by atoms with Gasteiger partial charge in [0.2, 0.25) is 0 Å². The van der Waals surface area contributed by atoms with Crippen LogP contribution in [0.2, 0.25) is 0 Å². The van der Waals surface area contributed by atoms with Gasteiger partial charge < -0.3 is 0 Å². The molecule has 0 saturated carbocycles. The van der Waals surface area contributed by atoms with Crippen LogP contribution in [-0.4, -0.2) is 11.2 Å². The summed E-state index contributed by atoms with van der Waals surface area (Å²) in [5.41, 5.74) is 1.16. The van der Waals surface area contributed by atoms with Gasteiger partial charge in [0.1, 0.15) is 0 Å². The van der Waals surface area contributed by atoms with Crippen LogP contribution in [0.15, 0.2) is 36.2 Å². The third kappa shape index (κ3) is 3.54. The number of rotatable bonds is 4. The van der Waals surface area contributed by atoms with Crippen molar-refractivity contribution in [3.05, 3.63) is 36.7 Å². The Morgan fingerprint density at radius 2 is 2.27 bits per heavy atom. The van der Waals surface area contributed by atoms with E-state index in [9.17, 15) is 0 Å². The lowest BCUT2D eigenvalue weighted by Gasteiger charge is -2.13. The van der Waals surface area contributed by atoms with Crippen molar-refractivity contribution in [3.8, 4) is 0 Å². The van der Waals surface area contributed by atoms with Gasteiger partial charge in [-0.15, -0.1) is 0 Å². The fourth-order valence-electron chi connectivity index (χ4n) is 1.05. The van der Waals surface area contributed by atoms with E-state index in [1.165, 1.54) is 0 Å². The molecule has 0 saturated heterocycles. The summed E-state index contributed by atoms with van der Waals surface area (Å²) in [7, 11) is 0. The highest BCUT2D eigenvalue weighted by Crippen LogP contribution is 2.12. The second-order valence-corrected chi connectivity index (χ2v) is 3.73. The first-order valence-electron chi connectivity index (χ1n) is 5.02. The summed E-state index contributed by atoms with van der Waals surface area (Å²) in [4.78, 5) is 4.23. The summed E-state index contributed by atoms with van der Waals surface area (Å²) in [6.07, 6.45) is 5.29. The molecule has 1 heterocycles. The summed E-state index contributed by atoms with van der Waals surface area (Å²) in [6.45, 7) is 9.90. The van der Waals surface area contributed by atoms with Crippen LogP contribution in [0.4, 0.5) is 5.82 Å². The van der Waals surface area contributed by atoms with E-state index in [4.69, 9.17) is 0 Å². The molecule has 0 amide bonds. The quantitative estimate of drug-likeness (QED) is 0.556. The molecule has 0 N–H and O–H groups in total. The maximum absolute atomic E-state index is 4.28. The molecule has 0 unspecified atom stereocenters. The largest absolute Gasteiger partial charge is 0.237 e. The van der Waals surface area contributed by atoms with Crippen molar-refractivity contribution < 1.29 is 0 Å². The Morgan fingerprint density at radius 3 is 2.80 bits per heavy atom. The maximum atomic E-state index is 4.28. The van der Waals surface area contributed by atoms with Crippen LogP contribution < -0.4 is 5.01 Å². The highest BCUT2D eigenvalue weighted by molar-refractivity contribution is 5.62. The number of pyridine rings is 1. The number of aryl methyl sites for hydroxylation is 1. The fourth-order valence-corrected chi connectivity index (χ4v) is 1.05. The summed E-state index contributed by atoms with van der Waals surface area (Å²) >= 11 is 0. The van der Waals surface area contributed by atoms with E-state index in [0.29, 0.717) is 5.92 Å². The highest BCUT2D eigenvalue weighted by Gasteiger charge is 2.01. The van der Waals surface area contributed by atoms with Gasteiger partial charge in [-0.05, 0) is 30.5 Å². The van der Waals surface area contributed by atoms with Gasteiger partial charge in [-0.3, -0.25) is 0 Å². The second-order valence-electron chi connectivity index (χ2n) is 3.73. The third-order valence-electron chi connectivity index (χ3n) is 1.80. The minimum Gasteiger partial charge on any atom is -0.237 e. The third-order valence-corrected chi connectivity index (χ3v) is 1.80. The monoisotopic (exact) mass is 203 g/mol. The minimum atomic E-state index is 0.414. The van der Waals surface area contributed by atoms with Crippen LogP contribution >= 0.6 is 0 Å². The molecule has 1 aromatic rings. The van der Waals surface area contributed by atoms with Crippen molar-refractivity contribution in [1.29, 1.82) is 0 Å². The first-order chi connectivity index (χ1) is 7.13. The van der Waals surface area contributed by atoms with Crippen LogP contribution in [0.25, 0.3) is 0 Å². The molecular formula is C12H17N3. The van der Waals surface area contributed by atoms with Gasteiger partial charge in [-0.1, -0.05) is 20.4 Å². The van der Waals surface area contributed by atoms with E-state index >= 15 is 0 Å². The molecule has 0 fully saturated rings. The van der Waals surface area contributed by atoms with E-state index in [-0.39, 0.29) is 0 Å². The molecule has 0 aliphatic rings. The highest BCUT2D eigenvalue weighted by atomic mass is 15.5.